The number of hydrogen-bond acceptors (Lipinski definition) is 4. The van der Waals surface area contributed by atoms with Crippen LogP contribution >= 0.6 is 0 Å². The predicted molar refractivity (Wildman–Crippen MR) is 86.8 cm³/mol. The third-order valence-electron chi connectivity index (χ3n) is 3.87. The van der Waals surface area contributed by atoms with Crippen molar-refractivity contribution >= 4 is 12.1 Å². The maximum atomic E-state index is 14.2. The van der Waals surface area contributed by atoms with Gasteiger partial charge in [-0.1, -0.05) is 6.07 Å². The molecule has 0 aliphatic carbocycles. The van der Waals surface area contributed by atoms with Crippen LogP contribution in [0.25, 0.3) is 0 Å². The van der Waals surface area contributed by atoms with Crippen LogP contribution in [0.2, 0.25) is 0 Å². The van der Waals surface area contributed by atoms with E-state index in [0.717, 1.165) is 12.1 Å². The number of nitrogens with zero attached hydrogens (tertiary/aromatic N) is 1. The Morgan fingerprint density at radius 2 is 1.92 bits per heavy atom. The third-order valence-corrected chi connectivity index (χ3v) is 3.87. The van der Waals surface area contributed by atoms with Crippen molar-refractivity contribution in [3.8, 4) is 0 Å². The zero-order valence-electron chi connectivity index (χ0n) is 14.8. The van der Waals surface area contributed by atoms with Crippen LogP contribution in [0.5, 0.6) is 0 Å². The molecule has 1 amide bonds. The SMILES string of the molecule is CCOC(=O)[C@H]1CC[C@@H](c2ccc(F)cc2F)N1C(=O)OC(C)(C)C. The molecule has 0 saturated carbocycles. The van der Waals surface area contributed by atoms with Crippen molar-refractivity contribution in [2.75, 3.05) is 6.61 Å². The summed E-state index contributed by atoms with van der Waals surface area (Å²) in [6.45, 7) is 6.95. The Labute approximate surface area is 145 Å². The van der Waals surface area contributed by atoms with E-state index in [2.05, 4.69) is 0 Å². The summed E-state index contributed by atoms with van der Waals surface area (Å²) in [5, 5.41) is 0. The van der Waals surface area contributed by atoms with Gasteiger partial charge < -0.3 is 9.47 Å². The maximum absolute atomic E-state index is 14.2. The van der Waals surface area contributed by atoms with Gasteiger partial charge in [0, 0.05) is 11.6 Å². The van der Waals surface area contributed by atoms with Crippen LogP contribution in [0.15, 0.2) is 18.2 Å². The quantitative estimate of drug-likeness (QED) is 0.770. The molecule has 1 aromatic rings. The topological polar surface area (TPSA) is 55.8 Å². The highest BCUT2D eigenvalue weighted by molar-refractivity contribution is 5.82. The fourth-order valence-electron chi connectivity index (χ4n) is 2.93. The van der Waals surface area contributed by atoms with Gasteiger partial charge in [0.15, 0.2) is 0 Å². The first kappa shape index (κ1) is 19.1. The molecule has 0 unspecified atom stereocenters. The highest BCUT2D eigenvalue weighted by atomic mass is 19.1. The lowest BCUT2D eigenvalue weighted by Crippen LogP contribution is -2.45. The van der Waals surface area contributed by atoms with Gasteiger partial charge in [0.05, 0.1) is 12.6 Å². The van der Waals surface area contributed by atoms with E-state index in [9.17, 15) is 18.4 Å². The summed E-state index contributed by atoms with van der Waals surface area (Å²) in [6.07, 6.45) is -0.0537. The van der Waals surface area contributed by atoms with Crippen molar-refractivity contribution in [1.82, 2.24) is 4.90 Å². The monoisotopic (exact) mass is 355 g/mol. The fraction of sp³-hybridized carbons (Fsp3) is 0.556. The van der Waals surface area contributed by atoms with Gasteiger partial charge in [-0.05, 0) is 46.6 Å². The molecule has 2 rings (SSSR count). The first-order valence-corrected chi connectivity index (χ1v) is 8.27. The second kappa shape index (κ2) is 7.37. The van der Waals surface area contributed by atoms with E-state index in [0.29, 0.717) is 12.8 Å². The zero-order chi connectivity index (χ0) is 18.8. The smallest absolute Gasteiger partial charge is 0.411 e. The Balaban J connectivity index is 2.37. The van der Waals surface area contributed by atoms with Crippen LogP contribution in [0.4, 0.5) is 13.6 Å². The minimum atomic E-state index is -0.857. The average Bonchev–Trinajstić information content (AvgIpc) is 2.90. The van der Waals surface area contributed by atoms with E-state index in [1.165, 1.54) is 11.0 Å². The lowest BCUT2D eigenvalue weighted by molar-refractivity contribution is -0.148. The Bertz CT molecular complexity index is 657. The number of halogens is 2. The van der Waals surface area contributed by atoms with E-state index in [-0.39, 0.29) is 12.2 Å². The van der Waals surface area contributed by atoms with Crippen molar-refractivity contribution in [1.29, 1.82) is 0 Å². The summed E-state index contributed by atoms with van der Waals surface area (Å²) in [4.78, 5) is 26.1. The highest BCUT2D eigenvalue weighted by Crippen LogP contribution is 2.39. The number of likely N-dealkylation sites (tertiary alicyclic amines) is 1. The van der Waals surface area contributed by atoms with E-state index in [1.807, 2.05) is 0 Å². The summed E-state index contributed by atoms with van der Waals surface area (Å²) in [5.74, 6) is -2.02. The summed E-state index contributed by atoms with van der Waals surface area (Å²) in [7, 11) is 0. The zero-order valence-corrected chi connectivity index (χ0v) is 14.8. The first-order valence-electron chi connectivity index (χ1n) is 8.27. The molecular weight excluding hydrogens is 332 g/mol. The molecule has 1 aliphatic heterocycles. The van der Waals surface area contributed by atoms with Gasteiger partial charge >= 0.3 is 12.1 Å². The van der Waals surface area contributed by atoms with E-state index >= 15 is 0 Å². The standard InChI is InChI=1S/C18H23F2NO4/c1-5-24-16(22)15-9-8-14(12-7-6-11(19)10-13(12)20)21(15)17(23)25-18(2,3)4/h6-7,10,14-15H,5,8-9H2,1-4H3/t14-,15+/m0/s1. The van der Waals surface area contributed by atoms with Crippen molar-refractivity contribution in [3.63, 3.8) is 0 Å². The molecule has 138 valence electrons. The number of rotatable bonds is 3. The molecule has 0 N–H and O–H groups in total. The Hall–Kier alpha value is -2.18. The van der Waals surface area contributed by atoms with Crippen molar-refractivity contribution < 1.29 is 27.8 Å². The number of carbonyl (C=O) groups excluding carboxylic acids is 2. The van der Waals surface area contributed by atoms with Gasteiger partial charge in [-0.25, -0.2) is 18.4 Å². The number of hydrogen-bond donors (Lipinski definition) is 0. The summed E-state index contributed by atoms with van der Waals surface area (Å²) in [6, 6.07) is 1.61. The lowest BCUT2D eigenvalue weighted by Gasteiger charge is -2.32. The van der Waals surface area contributed by atoms with Gasteiger partial charge in [-0.2, -0.15) is 0 Å². The largest absolute Gasteiger partial charge is 0.464 e. The second-order valence-electron chi connectivity index (χ2n) is 6.91. The van der Waals surface area contributed by atoms with Crippen LogP contribution in [-0.2, 0) is 14.3 Å². The molecule has 0 radical (unpaired) electrons. The number of ether oxygens (including phenoxy) is 2. The molecule has 0 spiro atoms. The molecule has 0 aromatic heterocycles. The summed E-state index contributed by atoms with van der Waals surface area (Å²) in [5.41, 5.74) is -0.621. The van der Waals surface area contributed by atoms with Crippen LogP contribution in [-0.4, -0.2) is 35.2 Å². The number of esters is 1. The van der Waals surface area contributed by atoms with Crippen LogP contribution in [0.1, 0.15) is 52.1 Å². The molecule has 5 nitrogen and oxygen atoms in total. The predicted octanol–water partition coefficient (Wildman–Crippen LogP) is 3.97. The molecule has 7 heteroatoms. The van der Waals surface area contributed by atoms with Gasteiger partial charge in [-0.3, -0.25) is 4.90 Å². The summed E-state index contributed by atoms with van der Waals surface area (Å²) >= 11 is 0. The first-order chi connectivity index (χ1) is 11.6. The van der Waals surface area contributed by atoms with Crippen molar-refractivity contribution in [3.05, 3.63) is 35.4 Å². The van der Waals surface area contributed by atoms with Crippen molar-refractivity contribution in [2.45, 2.75) is 58.2 Å². The van der Waals surface area contributed by atoms with E-state index in [1.54, 1.807) is 27.7 Å². The minimum Gasteiger partial charge on any atom is -0.464 e. The molecule has 2 atom stereocenters. The van der Waals surface area contributed by atoms with Crippen LogP contribution in [0, 0.1) is 11.6 Å². The molecule has 1 saturated heterocycles. The third kappa shape index (κ3) is 4.46. The fourth-order valence-corrected chi connectivity index (χ4v) is 2.93. The molecule has 1 aromatic carbocycles. The van der Waals surface area contributed by atoms with Gasteiger partial charge in [-0.15, -0.1) is 0 Å². The molecule has 0 bridgehead atoms. The van der Waals surface area contributed by atoms with E-state index in [4.69, 9.17) is 9.47 Å². The van der Waals surface area contributed by atoms with Crippen molar-refractivity contribution in [2.24, 2.45) is 0 Å². The molecular formula is C18H23F2NO4. The minimum absolute atomic E-state index is 0.152. The number of carbonyl (C=O) groups is 2. The van der Waals surface area contributed by atoms with E-state index < -0.39 is 41.4 Å². The lowest BCUT2D eigenvalue weighted by atomic mass is 10.0. The normalized spacial score (nSPS) is 20.5. The van der Waals surface area contributed by atoms with Crippen LogP contribution in [0.3, 0.4) is 0 Å². The summed E-state index contributed by atoms with van der Waals surface area (Å²) < 4.78 is 37.8. The number of benzene rings is 1. The Morgan fingerprint density at radius 3 is 2.48 bits per heavy atom. The molecule has 25 heavy (non-hydrogen) atoms. The highest BCUT2D eigenvalue weighted by Gasteiger charge is 2.45. The Kier molecular flexibility index (Phi) is 5.65. The number of amides is 1. The van der Waals surface area contributed by atoms with Gasteiger partial charge in [0.25, 0.3) is 0 Å². The molecule has 1 aliphatic rings. The average molecular weight is 355 g/mol. The van der Waals surface area contributed by atoms with Gasteiger partial charge in [0.2, 0.25) is 0 Å². The Morgan fingerprint density at radius 1 is 1.24 bits per heavy atom. The maximum Gasteiger partial charge on any atom is 0.411 e. The van der Waals surface area contributed by atoms with Gasteiger partial charge in [0.1, 0.15) is 23.3 Å². The second-order valence-corrected chi connectivity index (χ2v) is 6.91. The molecule has 1 heterocycles. The molecule has 1 fully saturated rings. The van der Waals surface area contributed by atoms with Crippen LogP contribution < -0.4 is 0 Å².